The molecule has 3 aromatic carbocycles. The Morgan fingerprint density at radius 1 is 0.976 bits per heavy atom. The highest BCUT2D eigenvalue weighted by molar-refractivity contribution is 7.93. The van der Waals surface area contributed by atoms with Crippen molar-refractivity contribution in [3.8, 4) is 17.2 Å². The minimum atomic E-state index is -4.51. The molecule has 0 aliphatic carbocycles. The van der Waals surface area contributed by atoms with E-state index in [1.165, 1.54) is 39.5 Å². The number of anilines is 1. The van der Waals surface area contributed by atoms with Gasteiger partial charge in [0.1, 0.15) is 22.1 Å². The predicted octanol–water partition coefficient (Wildman–Crippen LogP) is 4.70. The van der Waals surface area contributed by atoms with Crippen molar-refractivity contribution in [1.82, 2.24) is 9.80 Å². The molecule has 0 radical (unpaired) electrons. The number of sulfonamides is 1. The number of likely N-dealkylation sites (N-methyl/N-ethyl adjacent to an activating group) is 1. The molecule has 1 amide bonds. The number of benzene rings is 3. The molecule has 222 valence electrons. The number of carbonyl (C=O) groups excluding carboxylic acids is 1. The third-order valence-corrected chi connectivity index (χ3v) is 10.5. The normalized spacial score (nSPS) is 20.4. The van der Waals surface area contributed by atoms with Crippen LogP contribution in [0.25, 0.3) is 0 Å². The Morgan fingerprint density at radius 2 is 1.69 bits per heavy atom. The van der Waals surface area contributed by atoms with Crippen molar-refractivity contribution in [3.63, 3.8) is 0 Å². The minimum Gasteiger partial charge on any atom is -0.497 e. The number of hydrogen-bond acceptors (Lipinski definition) is 8. The second-order valence-electron chi connectivity index (χ2n) is 10.2. The fourth-order valence-corrected chi connectivity index (χ4v) is 8.05. The quantitative estimate of drug-likeness (QED) is 0.329. The maximum atomic E-state index is 15.2. The summed E-state index contributed by atoms with van der Waals surface area (Å²) in [5.74, 6) is 0.196. The lowest BCUT2D eigenvalue weighted by Gasteiger charge is -2.43. The minimum absolute atomic E-state index is 0.0419. The molecule has 9 nitrogen and oxygen atoms in total. The summed E-state index contributed by atoms with van der Waals surface area (Å²) in [6.07, 6.45) is 1.44. The van der Waals surface area contributed by atoms with E-state index in [1.54, 1.807) is 42.5 Å². The van der Waals surface area contributed by atoms with E-state index in [9.17, 15) is 8.42 Å². The van der Waals surface area contributed by atoms with E-state index in [1.807, 2.05) is 23.9 Å². The van der Waals surface area contributed by atoms with Gasteiger partial charge in [-0.3, -0.25) is 9.69 Å². The van der Waals surface area contributed by atoms with E-state index < -0.39 is 21.5 Å². The highest BCUT2D eigenvalue weighted by Crippen LogP contribution is 2.55. The summed E-state index contributed by atoms with van der Waals surface area (Å²) in [5.41, 5.74) is -0.515. The topological polar surface area (TPSA) is 88.6 Å². The van der Waals surface area contributed by atoms with Crippen LogP contribution < -0.4 is 18.5 Å². The first-order valence-electron chi connectivity index (χ1n) is 13.3. The van der Waals surface area contributed by atoms with Crippen LogP contribution in [0.4, 0.5) is 5.69 Å². The molecule has 0 spiro atoms. The van der Waals surface area contributed by atoms with Crippen molar-refractivity contribution in [2.75, 3.05) is 46.3 Å². The van der Waals surface area contributed by atoms with Gasteiger partial charge in [0.25, 0.3) is 15.9 Å². The van der Waals surface area contributed by atoms with Crippen molar-refractivity contribution in [2.45, 2.75) is 29.3 Å². The summed E-state index contributed by atoms with van der Waals surface area (Å²) >= 11 is 12.4. The van der Waals surface area contributed by atoms with Gasteiger partial charge in [-0.05, 0) is 49.2 Å². The Bertz CT molecular complexity index is 1660. The average Bonchev–Trinajstić information content (AvgIpc) is 3.57. The van der Waals surface area contributed by atoms with Crippen molar-refractivity contribution in [1.29, 1.82) is 0 Å². The molecule has 42 heavy (non-hydrogen) atoms. The summed E-state index contributed by atoms with van der Waals surface area (Å²) < 4.78 is 46.5. The van der Waals surface area contributed by atoms with Crippen LogP contribution in [0.2, 0.25) is 5.02 Å². The monoisotopic (exact) mass is 629 g/mol. The average molecular weight is 630 g/mol. The van der Waals surface area contributed by atoms with Crippen LogP contribution in [0, 0.1) is 0 Å². The number of methoxy groups -OCH3 is 3. The molecular weight excluding hydrogens is 598 g/mol. The van der Waals surface area contributed by atoms with Crippen LogP contribution in [0.1, 0.15) is 24.0 Å². The third kappa shape index (κ3) is 4.50. The second kappa shape index (κ2) is 11.4. The van der Waals surface area contributed by atoms with E-state index in [4.69, 9.17) is 38.0 Å². The third-order valence-electron chi connectivity index (χ3n) is 7.86. The van der Waals surface area contributed by atoms with Gasteiger partial charge in [0, 0.05) is 42.9 Å². The zero-order chi connectivity index (χ0) is 30.4. The van der Waals surface area contributed by atoms with Gasteiger partial charge in [-0.1, -0.05) is 42.0 Å². The number of fused-ring (bicyclic) bond motifs is 1. The molecule has 2 aliphatic rings. The van der Waals surface area contributed by atoms with Crippen molar-refractivity contribution >= 4 is 50.4 Å². The molecule has 0 N–H and O–H groups in total. The summed E-state index contributed by atoms with van der Waals surface area (Å²) in [7, 11) is 3.57. The van der Waals surface area contributed by atoms with Crippen LogP contribution in [0.15, 0.2) is 65.6 Å². The molecule has 2 atom stereocenters. The molecule has 1 fully saturated rings. The lowest BCUT2D eigenvalue weighted by molar-refractivity contribution is -0.126. The van der Waals surface area contributed by atoms with Crippen molar-refractivity contribution < 1.29 is 27.4 Å². The zero-order valence-corrected chi connectivity index (χ0v) is 26.3. The van der Waals surface area contributed by atoms with Crippen LogP contribution in [0.3, 0.4) is 0 Å². The van der Waals surface area contributed by atoms with Crippen LogP contribution in [0.5, 0.6) is 17.2 Å². The van der Waals surface area contributed by atoms with E-state index in [0.717, 1.165) is 10.7 Å². The van der Waals surface area contributed by atoms with E-state index in [-0.39, 0.29) is 22.4 Å². The number of likely N-dealkylation sites (tertiary alicyclic amines) is 1. The molecule has 1 saturated heterocycles. The summed E-state index contributed by atoms with van der Waals surface area (Å²) in [6, 6.07) is 16.0. The first-order valence-corrected chi connectivity index (χ1v) is 15.5. The predicted molar refractivity (Wildman–Crippen MR) is 165 cm³/mol. The summed E-state index contributed by atoms with van der Waals surface area (Å²) in [4.78, 5) is 19.5. The molecule has 0 aromatic heterocycles. The highest BCUT2D eigenvalue weighted by atomic mass is 35.5. The van der Waals surface area contributed by atoms with E-state index >= 15 is 4.79 Å². The molecule has 3 aromatic rings. The first kappa shape index (κ1) is 30.1. The number of amides is 1. The summed E-state index contributed by atoms with van der Waals surface area (Å²) in [5, 5.41) is 0.355. The molecule has 1 unspecified atom stereocenters. The fraction of sp³-hybridized carbons (Fsp3) is 0.333. The standard InChI is InChI=1S/C30H32ClN3O6S2/c1-32(2)28(41)24-10-8-16-33(24)30(21-9-6-7-11-25(21)39-4)22-17-19(31)12-14-23(22)34(29(30)35)42(36,37)27-15-13-20(38-3)18-26(27)40-5/h6-7,9,11-15,17-18,24H,8,10,16H2,1-5H3/t24-,30?/m0/s1. The molecule has 5 rings (SSSR count). The van der Waals surface area contributed by atoms with Gasteiger partial charge in [-0.25, -0.2) is 12.7 Å². The van der Waals surface area contributed by atoms with Crippen LogP contribution in [-0.4, -0.2) is 77.1 Å². The Morgan fingerprint density at radius 3 is 2.36 bits per heavy atom. The molecule has 0 bridgehead atoms. The maximum Gasteiger partial charge on any atom is 0.274 e. The Kier molecular flexibility index (Phi) is 8.14. The number of rotatable bonds is 8. The van der Waals surface area contributed by atoms with E-state index in [0.29, 0.717) is 45.6 Å². The fourth-order valence-electron chi connectivity index (χ4n) is 6.03. The van der Waals surface area contributed by atoms with Crippen molar-refractivity contribution in [2.24, 2.45) is 0 Å². The number of hydrogen-bond donors (Lipinski definition) is 0. The molecule has 0 saturated carbocycles. The first-order chi connectivity index (χ1) is 20.0. The van der Waals surface area contributed by atoms with Gasteiger partial charge in [0.05, 0.1) is 38.0 Å². The van der Waals surface area contributed by atoms with Gasteiger partial charge in [0.15, 0.2) is 5.54 Å². The Labute approximate surface area is 256 Å². The molecule has 2 heterocycles. The number of ether oxygens (including phenoxy) is 3. The van der Waals surface area contributed by atoms with Crippen LogP contribution in [-0.2, 0) is 20.4 Å². The van der Waals surface area contributed by atoms with E-state index in [2.05, 4.69) is 0 Å². The number of thiocarbonyl (C=S) groups is 1. The zero-order valence-electron chi connectivity index (χ0n) is 24.0. The lowest BCUT2D eigenvalue weighted by atomic mass is 9.81. The van der Waals surface area contributed by atoms with Gasteiger partial charge < -0.3 is 19.1 Å². The maximum absolute atomic E-state index is 15.2. The van der Waals surface area contributed by atoms with Gasteiger partial charge >= 0.3 is 0 Å². The smallest absolute Gasteiger partial charge is 0.274 e. The Balaban J connectivity index is 1.85. The largest absolute Gasteiger partial charge is 0.497 e. The number of nitrogens with zero attached hydrogens (tertiary/aromatic N) is 3. The molecule has 2 aliphatic heterocycles. The van der Waals surface area contributed by atoms with Crippen LogP contribution >= 0.6 is 23.8 Å². The van der Waals surface area contributed by atoms with Gasteiger partial charge in [0.2, 0.25) is 0 Å². The molecular formula is C30H32ClN3O6S2. The lowest BCUT2D eigenvalue weighted by Crippen LogP contribution is -2.58. The number of carbonyl (C=O) groups is 1. The SMILES string of the molecule is COc1ccc(S(=O)(=O)N2C(=O)C(c3ccccc3OC)(N3CCC[C@H]3C(=S)N(C)C)c3cc(Cl)ccc32)c(OC)c1. The van der Waals surface area contributed by atoms with Crippen molar-refractivity contribution in [3.05, 3.63) is 76.8 Å². The second-order valence-corrected chi connectivity index (χ2v) is 12.9. The van der Waals surface area contributed by atoms with Gasteiger partial charge in [-0.15, -0.1) is 0 Å². The van der Waals surface area contributed by atoms with Gasteiger partial charge in [-0.2, -0.15) is 0 Å². The number of halogens is 1. The highest BCUT2D eigenvalue weighted by Gasteiger charge is 2.62. The molecule has 12 heteroatoms. The Hall–Kier alpha value is -3.38. The number of para-hydroxylation sites is 1. The summed E-state index contributed by atoms with van der Waals surface area (Å²) in [6.45, 7) is 0.480.